The summed E-state index contributed by atoms with van der Waals surface area (Å²) in [6, 6.07) is 7.58. The molecule has 108 valence electrons. The second-order valence-electron chi connectivity index (χ2n) is 6.06. The zero-order chi connectivity index (χ0) is 14.8. The number of aromatic nitrogens is 3. The summed E-state index contributed by atoms with van der Waals surface area (Å²) < 4.78 is 1.78. The van der Waals surface area contributed by atoms with Crippen LogP contribution in [-0.2, 0) is 0 Å². The Labute approximate surface area is 124 Å². The molecule has 0 radical (unpaired) electrons. The first-order valence-electron chi connectivity index (χ1n) is 6.65. The van der Waals surface area contributed by atoms with E-state index in [1.54, 1.807) is 11.0 Å². The van der Waals surface area contributed by atoms with E-state index in [1.807, 2.05) is 45.0 Å². The Morgan fingerprint density at radius 3 is 2.40 bits per heavy atom. The van der Waals surface area contributed by atoms with E-state index in [9.17, 15) is 5.11 Å². The first-order valence-corrected chi connectivity index (χ1v) is 7.03. The lowest BCUT2D eigenvalue weighted by atomic mass is 9.84. The molecule has 0 saturated heterocycles. The highest BCUT2D eigenvalue weighted by Crippen LogP contribution is 2.30. The molecule has 1 aromatic carbocycles. The van der Waals surface area contributed by atoms with Gasteiger partial charge in [0.2, 0.25) is 0 Å². The summed E-state index contributed by atoms with van der Waals surface area (Å²) in [7, 11) is 0. The fourth-order valence-corrected chi connectivity index (χ4v) is 2.15. The van der Waals surface area contributed by atoms with Crippen molar-refractivity contribution in [2.24, 2.45) is 5.41 Å². The summed E-state index contributed by atoms with van der Waals surface area (Å²) in [5.41, 5.74) is 0.883. The number of aliphatic hydroxyl groups excluding tert-OH is 1. The van der Waals surface area contributed by atoms with E-state index >= 15 is 0 Å². The van der Waals surface area contributed by atoms with Crippen molar-refractivity contribution in [1.29, 1.82) is 0 Å². The minimum atomic E-state index is -0.438. The van der Waals surface area contributed by atoms with Crippen LogP contribution >= 0.6 is 11.6 Å². The second-order valence-corrected chi connectivity index (χ2v) is 6.50. The molecule has 0 amide bonds. The van der Waals surface area contributed by atoms with E-state index in [4.69, 9.17) is 11.6 Å². The molecule has 4 nitrogen and oxygen atoms in total. The van der Waals surface area contributed by atoms with E-state index < -0.39 is 6.10 Å². The van der Waals surface area contributed by atoms with Crippen LogP contribution in [0.1, 0.15) is 38.8 Å². The molecule has 0 aliphatic rings. The Hall–Kier alpha value is -1.39. The summed E-state index contributed by atoms with van der Waals surface area (Å²) in [6.07, 6.45) is 3.32. The fraction of sp³-hybridized carbons (Fsp3) is 0.467. The molecule has 0 saturated carbocycles. The Balaban J connectivity index is 2.29. The Morgan fingerprint density at radius 1 is 1.25 bits per heavy atom. The van der Waals surface area contributed by atoms with Gasteiger partial charge in [-0.3, -0.25) is 0 Å². The second kappa shape index (κ2) is 5.94. The van der Waals surface area contributed by atoms with Crippen LogP contribution in [0.4, 0.5) is 0 Å². The van der Waals surface area contributed by atoms with Gasteiger partial charge in [-0.1, -0.05) is 44.5 Å². The van der Waals surface area contributed by atoms with Gasteiger partial charge >= 0.3 is 0 Å². The highest BCUT2D eigenvalue weighted by molar-refractivity contribution is 6.30. The van der Waals surface area contributed by atoms with Gasteiger partial charge in [-0.05, 0) is 23.1 Å². The minimum Gasteiger partial charge on any atom is -0.392 e. The fourth-order valence-electron chi connectivity index (χ4n) is 2.03. The average molecular weight is 294 g/mol. The van der Waals surface area contributed by atoms with Crippen molar-refractivity contribution in [3.05, 3.63) is 47.5 Å². The summed E-state index contributed by atoms with van der Waals surface area (Å²) >= 11 is 5.94. The molecule has 0 bridgehead atoms. The number of hydrogen-bond donors (Lipinski definition) is 1. The van der Waals surface area contributed by atoms with Gasteiger partial charge in [0.15, 0.2) is 0 Å². The molecule has 2 atom stereocenters. The quantitative estimate of drug-likeness (QED) is 0.941. The highest BCUT2D eigenvalue weighted by atomic mass is 35.5. The topological polar surface area (TPSA) is 50.9 Å². The van der Waals surface area contributed by atoms with Gasteiger partial charge in [0.25, 0.3) is 0 Å². The van der Waals surface area contributed by atoms with Gasteiger partial charge in [-0.2, -0.15) is 5.10 Å². The molecule has 1 N–H and O–H groups in total. The summed E-state index contributed by atoms with van der Waals surface area (Å²) in [5, 5.41) is 15.3. The van der Waals surface area contributed by atoms with Crippen molar-refractivity contribution in [2.45, 2.75) is 39.3 Å². The van der Waals surface area contributed by atoms with Crippen molar-refractivity contribution in [2.75, 3.05) is 0 Å². The molecule has 0 aliphatic heterocycles. The summed E-state index contributed by atoms with van der Waals surface area (Å²) in [4.78, 5) is 4.00. The Morgan fingerprint density at radius 2 is 1.90 bits per heavy atom. The van der Waals surface area contributed by atoms with Crippen molar-refractivity contribution in [1.82, 2.24) is 14.8 Å². The molecule has 2 aromatic rings. The molecule has 2 rings (SSSR count). The van der Waals surface area contributed by atoms with Crippen LogP contribution in [0.2, 0.25) is 5.02 Å². The zero-order valence-electron chi connectivity index (χ0n) is 12.0. The van der Waals surface area contributed by atoms with Gasteiger partial charge in [-0.15, -0.1) is 0 Å². The van der Waals surface area contributed by atoms with Gasteiger partial charge in [0.1, 0.15) is 12.7 Å². The van der Waals surface area contributed by atoms with Crippen molar-refractivity contribution in [3.8, 4) is 0 Å². The van der Waals surface area contributed by atoms with Crippen LogP contribution in [0.5, 0.6) is 0 Å². The Kier molecular flexibility index (Phi) is 4.45. The number of rotatable bonds is 4. The van der Waals surface area contributed by atoms with Gasteiger partial charge < -0.3 is 5.11 Å². The SMILES string of the molecule is CC(C)(C)C(O)CC(c1ccc(Cl)cc1)n1cncn1. The summed E-state index contributed by atoms with van der Waals surface area (Å²) in [5.74, 6) is 0. The van der Waals surface area contributed by atoms with Gasteiger partial charge in [0, 0.05) is 11.4 Å². The number of aliphatic hydroxyl groups is 1. The Bertz CT molecular complexity index is 531. The van der Waals surface area contributed by atoms with E-state index in [1.165, 1.54) is 6.33 Å². The zero-order valence-corrected chi connectivity index (χ0v) is 12.7. The van der Waals surface area contributed by atoms with Crippen molar-refractivity contribution < 1.29 is 5.11 Å². The molecular weight excluding hydrogens is 274 g/mol. The van der Waals surface area contributed by atoms with Gasteiger partial charge in [-0.25, -0.2) is 9.67 Å². The van der Waals surface area contributed by atoms with Crippen molar-refractivity contribution >= 4 is 11.6 Å². The number of benzene rings is 1. The van der Waals surface area contributed by atoms with E-state index in [2.05, 4.69) is 10.1 Å². The van der Waals surface area contributed by atoms with Crippen LogP contribution in [0.25, 0.3) is 0 Å². The number of halogens is 1. The normalized spacial score (nSPS) is 15.1. The molecule has 2 unspecified atom stereocenters. The maximum Gasteiger partial charge on any atom is 0.137 e. The lowest BCUT2D eigenvalue weighted by Gasteiger charge is -2.29. The third-order valence-electron chi connectivity index (χ3n) is 3.46. The first-order chi connectivity index (χ1) is 9.38. The molecule has 5 heteroatoms. The molecule has 1 aromatic heterocycles. The van der Waals surface area contributed by atoms with Crippen LogP contribution in [0.15, 0.2) is 36.9 Å². The van der Waals surface area contributed by atoms with Crippen LogP contribution in [0.3, 0.4) is 0 Å². The van der Waals surface area contributed by atoms with Crippen LogP contribution in [-0.4, -0.2) is 26.0 Å². The molecule has 0 spiro atoms. The molecule has 0 aliphatic carbocycles. The van der Waals surface area contributed by atoms with E-state index in [-0.39, 0.29) is 11.5 Å². The maximum absolute atomic E-state index is 10.4. The molecular formula is C15H20ClN3O. The van der Waals surface area contributed by atoms with Crippen molar-refractivity contribution in [3.63, 3.8) is 0 Å². The van der Waals surface area contributed by atoms with E-state index in [0.717, 1.165) is 5.56 Å². The third-order valence-corrected chi connectivity index (χ3v) is 3.71. The average Bonchev–Trinajstić information content (AvgIpc) is 2.89. The lowest BCUT2D eigenvalue weighted by Crippen LogP contribution is -2.30. The third kappa shape index (κ3) is 3.58. The molecule has 1 heterocycles. The number of hydrogen-bond acceptors (Lipinski definition) is 3. The van der Waals surface area contributed by atoms with Crippen LogP contribution in [0, 0.1) is 5.41 Å². The van der Waals surface area contributed by atoms with Crippen LogP contribution < -0.4 is 0 Å². The molecule has 0 fully saturated rings. The predicted molar refractivity (Wildman–Crippen MR) is 79.7 cm³/mol. The largest absolute Gasteiger partial charge is 0.392 e. The maximum atomic E-state index is 10.4. The predicted octanol–water partition coefficient (Wildman–Crippen LogP) is 3.32. The van der Waals surface area contributed by atoms with E-state index in [0.29, 0.717) is 11.4 Å². The summed E-state index contributed by atoms with van der Waals surface area (Å²) in [6.45, 7) is 6.08. The monoisotopic (exact) mass is 293 g/mol. The highest BCUT2D eigenvalue weighted by Gasteiger charge is 2.27. The smallest absolute Gasteiger partial charge is 0.137 e. The van der Waals surface area contributed by atoms with Gasteiger partial charge in [0.05, 0.1) is 12.1 Å². The molecule has 20 heavy (non-hydrogen) atoms. The lowest BCUT2D eigenvalue weighted by molar-refractivity contribution is 0.0454. The first kappa shape index (κ1) is 15.0. The number of nitrogens with zero attached hydrogens (tertiary/aromatic N) is 3. The standard InChI is InChI=1S/C15H20ClN3O/c1-15(2,3)14(20)8-13(19-10-17-9-18-19)11-4-6-12(16)7-5-11/h4-7,9-10,13-14,20H,8H2,1-3H3. The minimum absolute atomic E-state index is 0.0519.